The largest absolute Gasteiger partial charge is 0.456 e. The lowest BCUT2D eigenvalue weighted by Gasteiger charge is -2.08. The molecule has 1 aliphatic carbocycles. The van der Waals surface area contributed by atoms with Crippen molar-refractivity contribution in [2.45, 2.75) is 12.8 Å². The zero-order valence-electron chi connectivity index (χ0n) is 16.9. The van der Waals surface area contributed by atoms with Gasteiger partial charge in [0.15, 0.2) is 0 Å². The normalized spacial score (nSPS) is 12.7. The van der Waals surface area contributed by atoms with Crippen LogP contribution in [0.4, 0.5) is 0 Å². The van der Waals surface area contributed by atoms with E-state index in [1.807, 2.05) is 24.3 Å². The minimum Gasteiger partial charge on any atom is -0.456 e. The van der Waals surface area contributed by atoms with Crippen molar-refractivity contribution in [2.24, 2.45) is 0 Å². The average Bonchev–Trinajstić information content (AvgIpc) is 3.22. The molecule has 1 aliphatic rings. The van der Waals surface area contributed by atoms with Gasteiger partial charge in [0.25, 0.3) is 0 Å². The lowest BCUT2D eigenvalue weighted by atomic mass is 9.95. The number of nitrogens with zero attached hydrogens (tertiary/aromatic N) is 1. The zero-order valence-corrected chi connectivity index (χ0v) is 16.9. The van der Waals surface area contributed by atoms with E-state index in [-0.39, 0.29) is 0 Å². The smallest absolute Gasteiger partial charge is 0.142 e. The first-order chi connectivity index (χ1) is 15.3. The molecule has 0 aliphatic heterocycles. The Morgan fingerprint density at radius 1 is 0.774 bits per heavy atom. The third kappa shape index (κ3) is 2.95. The van der Waals surface area contributed by atoms with Crippen LogP contribution in [0.2, 0.25) is 0 Å². The molecule has 2 heteroatoms. The predicted octanol–water partition coefficient (Wildman–Crippen LogP) is 7.75. The Morgan fingerprint density at radius 2 is 1.55 bits per heavy atom. The van der Waals surface area contributed by atoms with Gasteiger partial charge in [0.05, 0.1) is 11.6 Å². The van der Waals surface area contributed by atoms with Gasteiger partial charge in [-0.25, -0.2) is 0 Å². The summed E-state index contributed by atoms with van der Waals surface area (Å²) >= 11 is 0. The number of para-hydroxylation sites is 1. The molecule has 2 nitrogen and oxygen atoms in total. The highest BCUT2D eigenvalue weighted by molar-refractivity contribution is 5.99. The number of allylic oxidation sites excluding steroid dienone is 1. The first-order valence-corrected chi connectivity index (χ1v) is 10.6. The molecule has 0 spiro atoms. The van der Waals surface area contributed by atoms with Gasteiger partial charge < -0.3 is 4.42 Å². The van der Waals surface area contributed by atoms with Crippen molar-refractivity contribution in [1.29, 1.82) is 5.26 Å². The molecule has 0 saturated carbocycles. The summed E-state index contributed by atoms with van der Waals surface area (Å²) in [7, 11) is 0. The van der Waals surface area contributed by atoms with Crippen LogP contribution in [0, 0.1) is 11.3 Å². The van der Waals surface area contributed by atoms with Crippen molar-refractivity contribution >= 4 is 27.8 Å². The lowest BCUT2D eigenvalue weighted by molar-refractivity contribution is 0.596. The molecular weight excluding hydrogens is 378 g/mol. The molecule has 0 unspecified atom stereocenters. The van der Waals surface area contributed by atoms with E-state index in [4.69, 9.17) is 4.42 Å². The second-order valence-electron chi connectivity index (χ2n) is 8.04. The van der Waals surface area contributed by atoms with Gasteiger partial charge in [-0.05, 0) is 70.6 Å². The van der Waals surface area contributed by atoms with E-state index in [2.05, 4.69) is 72.8 Å². The Balaban J connectivity index is 1.46. The summed E-state index contributed by atoms with van der Waals surface area (Å²) in [6.45, 7) is 0. The number of aryl methyl sites for hydroxylation is 1. The van der Waals surface area contributed by atoms with E-state index >= 15 is 0 Å². The highest BCUT2D eigenvalue weighted by Crippen LogP contribution is 2.38. The maximum Gasteiger partial charge on any atom is 0.142 e. The molecule has 1 aromatic heterocycles. The molecule has 0 amide bonds. The molecule has 0 saturated heterocycles. The van der Waals surface area contributed by atoms with Crippen LogP contribution in [-0.2, 0) is 6.42 Å². The molecule has 0 fully saturated rings. The molecule has 0 radical (unpaired) electrons. The van der Waals surface area contributed by atoms with Crippen LogP contribution in [0.25, 0.3) is 50.1 Å². The van der Waals surface area contributed by atoms with Crippen molar-refractivity contribution in [3.05, 3.63) is 102 Å². The van der Waals surface area contributed by atoms with Crippen LogP contribution in [0.3, 0.4) is 0 Å². The van der Waals surface area contributed by atoms with Crippen LogP contribution in [0.1, 0.15) is 23.3 Å². The van der Waals surface area contributed by atoms with E-state index in [9.17, 15) is 5.26 Å². The zero-order chi connectivity index (χ0) is 20.8. The van der Waals surface area contributed by atoms with Gasteiger partial charge in [0.2, 0.25) is 0 Å². The fraction of sp³-hybridized carbons (Fsp3) is 0.0690. The van der Waals surface area contributed by atoms with Gasteiger partial charge in [-0.15, -0.1) is 0 Å². The number of rotatable bonds is 2. The number of furan rings is 1. The number of nitriles is 1. The van der Waals surface area contributed by atoms with Crippen molar-refractivity contribution in [2.75, 3.05) is 0 Å². The summed E-state index contributed by atoms with van der Waals surface area (Å²) in [6.07, 6.45) is 6.40. The van der Waals surface area contributed by atoms with Crippen molar-refractivity contribution < 1.29 is 4.42 Å². The number of benzene rings is 4. The van der Waals surface area contributed by atoms with Gasteiger partial charge in [0.1, 0.15) is 11.3 Å². The number of hydrogen-bond donors (Lipinski definition) is 0. The first kappa shape index (κ1) is 17.7. The minimum atomic E-state index is 0.678. The van der Waals surface area contributed by atoms with Crippen LogP contribution >= 0.6 is 0 Å². The summed E-state index contributed by atoms with van der Waals surface area (Å²) < 4.78 is 6.27. The van der Waals surface area contributed by atoms with E-state index in [1.165, 1.54) is 21.7 Å². The number of fused-ring (bicyclic) bond motifs is 4. The quantitative estimate of drug-likeness (QED) is 0.305. The van der Waals surface area contributed by atoms with Crippen LogP contribution in [0.5, 0.6) is 0 Å². The Morgan fingerprint density at radius 3 is 2.42 bits per heavy atom. The molecule has 31 heavy (non-hydrogen) atoms. The van der Waals surface area contributed by atoms with Crippen molar-refractivity contribution in [3.63, 3.8) is 0 Å². The third-order valence-corrected chi connectivity index (χ3v) is 6.16. The van der Waals surface area contributed by atoms with E-state index in [1.54, 1.807) is 0 Å². The summed E-state index contributed by atoms with van der Waals surface area (Å²) in [5.74, 6) is 0.999. The molecule has 1 heterocycles. The molecule has 5 aromatic rings. The van der Waals surface area contributed by atoms with Crippen LogP contribution < -0.4 is 0 Å². The number of hydrogen-bond acceptors (Lipinski definition) is 2. The molecule has 146 valence electrons. The highest BCUT2D eigenvalue weighted by Gasteiger charge is 2.17. The van der Waals surface area contributed by atoms with Crippen LogP contribution in [-0.4, -0.2) is 0 Å². The summed E-state index contributed by atoms with van der Waals surface area (Å²) in [4.78, 5) is 0. The minimum absolute atomic E-state index is 0.678. The van der Waals surface area contributed by atoms with E-state index in [0.29, 0.717) is 5.56 Å². The maximum atomic E-state index is 9.19. The SMILES string of the molecule is N#Cc1cccc(-c2ccc3cc(-c4cccc5c6c(oc45)C=CCC6)ccc3c2)c1. The first-order valence-electron chi connectivity index (χ1n) is 10.6. The lowest BCUT2D eigenvalue weighted by Crippen LogP contribution is -1.89. The Bertz CT molecular complexity index is 1540. The summed E-state index contributed by atoms with van der Waals surface area (Å²) in [5.41, 5.74) is 7.44. The molecule has 0 bridgehead atoms. The van der Waals surface area contributed by atoms with Crippen molar-refractivity contribution in [1.82, 2.24) is 0 Å². The fourth-order valence-corrected chi connectivity index (χ4v) is 4.59. The Kier molecular flexibility index (Phi) is 4.01. The van der Waals surface area contributed by atoms with Crippen molar-refractivity contribution in [3.8, 4) is 28.3 Å². The summed E-state index contributed by atoms with van der Waals surface area (Å²) in [5, 5.41) is 12.8. The van der Waals surface area contributed by atoms with Gasteiger partial charge in [-0.1, -0.05) is 60.7 Å². The highest BCUT2D eigenvalue weighted by atomic mass is 16.3. The molecule has 0 N–H and O–H groups in total. The van der Waals surface area contributed by atoms with Gasteiger partial charge >= 0.3 is 0 Å². The monoisotopic (exact) mass is 397 g/mol. The second-order valence-corrected chi connectivity index (χ2v) is 8.04. The fourth-order valence-electron chi connectivity index (χ4n) is 4.59. The van der Waals surface area contributed by atoms with E-state index < -0.39 is 0 Å². The Labute approximate surface area is 180 Å². The standard InChI is InChI=1S/C29H19NO/c30-18-19-5-3-6-20(15-19)21-11-12-23-17-24(14-13-22(23)16-21)25-8-4-9-27-26-7-1-2-10-28(26)31-29(25)27/h2-6,8-17H,1,7H2. The summed E-state index contributed by atoms with van der Waals surface area (Å²) in [6, 6.07) is 29.4. The predicted molar refractivity (Wildman–Crippen MR) is 127 cm³/mol. The maximum absolute atomic E-state index is 9.19. The molecule has 0 atom stereocenters. The topological polar surface area (TPSA) is 36.9 Å². The van der Waals surface area contributed by atoms with E-state index in [0.717, 1.165) is 46.4 Å². The average molecular weight is 397 g/mol. The second kappa shape index (κ2) is 7.00. The molecule has 4 aromatic carbocycles. The molecular formula is C29H19NO. The third-order valence-electron chi connectivity index (χ3n) is 6.16. The van der Waals surface area contributed by atoms with Gasteiger partial charge in [0, 0.05) is 16.5 Å². The van der Waals surface area contributed by atoms with Gasteiger partial charge in [-0.3, -0.25) is 0 Å². The Hall–Kier alpha value is -4.09. The van der Waals surface area contributed by atoms with Crippen LogP contribution in [0.15, 0.2) is 89.4 Å². The van der Waals surface area contributed by atoms with Gasteiger partial charge in [-0.2, -0.15) is 5.26 Å². The molecule has 6 rings (SSSR count).